The maximum Gasteiger partial charge on any atom is 0.224 e. The molecule has 0 radical (unpaired) electrons. The fourth-order valence-electron chi connectivity index (χ4n) is 1.87. The average molecular weight is 230 g/mol. The van der Waals surface area contributed by atoms with E-state index in [4.69, 9.17) is 5.73 Å². The van der Waals surface area contributed by atoms with Crippen LogP contribution in [0.3, 0.4) is 0 Å². The van der Waals surface area contributed by atoms with Crippen molar-refractivity contribution in [2.45, 2.75) is 44.4 Å². The molecule has 1 fully saturated rings. The number of thioether (sulfide) groups is 1. The van der Waals surface area contributed by atoms with Crippen LogP contribution < -0.4 is 5.73 Å². The zero-order chi connectivity index (χ0) is 11.3. The number of nitrogens with zero attached hydrogens (tertiary/aromatic N) is 1. The number of carbonyl (C=O) groups excluding carboxylic acids is 1. The Morgan fingerprint density at radius 1 is 1.67 bits per heavy atom. The number of rotatable bonds is 4. The van der Waals surface area contributed by atoms with Crippen LogP contribution in [0.4, 0.5) is 0 Å². The normalized spacial score (nSPS) is 23.9. The maximum atomic E-state index is 11.9. The summed E-state index contributed by atoms with van der Waals surface area (Å²) in [5, 5.41) is 0.574. The SMILES string of the molecule is CCCC(N)CC(=O)N1CCSC(C)C1. The molecular formula is C11H22N2OS. The van der Waals surface area contributed by atoms with Gasteiger partial charge < -0.3 is 10.6 Å². The Kier molecular flexibility index (Phi) is 5.47. The highest BCUT2D eigenvalue weighted by molar-refractivity contribution is 7.99. The molecule has 1 rings (SSSR count). The zero-order valence-corrected chi connectivity index (χ0v) is 10.6. The van der Waals surface area contributed by atoms with Crippen LogP contribution in [0.1, 0.15) is 33.1 Å². The molecule has 0 bridgehead atoms. The minimum Gasteiger partial charge on any atom is -0.341 e. The third kappa shape index (κ3) is 4.43. The molecule has 88 valence electrons. The van der Waals surface area contributed by atoms with E-state index in [2.05, 4.69) is 13.8 Å². The molecule has 1 aliphatic rings. The van der Waals surface area contributed by atoms with Gasteiger partial charge in [0.15, 0.2) is 0 Å². The van der Waals surface area contributed by atoms with Gasteiger partial charge in [-0.15, -0.1) is 0 Å². The Balaban J connectivity index is 2.32. The smallest absolute Gasteiger partial charge is 0.224 e. The molecule has 0 aromatic heterocycles. The van der Waals surface area contributed by atoms with Crippen molar-refractivity contribution < 1.29 is 4.79 Å². The second-order valence-electron chi connectivity index (χ2n) is 4.27. The Hall–Kier alpha value is -0.220. The van der Waals surface area contributed by atoms with Gasteiger partial charge in [-0.2, -0.15) is 11.8 Å². The van der Waals surface area contributed by atoms with E-state index in [0.29, 0.717) is 11.7 Å². The van der Waals surface area contributed by atoms with E-state index < -0.39 is 0 Å². The third-order valence-corrected chi connectivity index (χ3v) is 3.83. The van der Waals surface area contributed by atoms with E-state index in [-0.39, 0.29) is 11.9 Å². The van der Waals surface area contributed by atoms with Gasteiger partial charge in [0.1, 0.15) is 0 Å². The first kappa shape index (κ1) is 12.8. The summed E-state index contributed by atoms with van der Waals surface area (Å²) in [5.74, 6) is 1.30. The van der Waals surface area contributed by atoms with Crippen molar-refractivity contribution in [1.82, 2.24) is 4.90 Å². The molecular weight excluding hydrogens is 208 g/mol. The van der Waals surface area contributed by atoms with E-state index in [1.54, 1.807) is 0 Å². The molecule has 0 aromatic rings. The Labute approximate surface area is 96.8 Å². The number of nitrogens with two attached hydrogens (primary N) is 1. The largest absolute Gasteiger partial charge is 0.341 e. The van der Waals surface area contributed by atoms with Gasteiger partial charge in [0.05, 0.1) is 0 Å². The average Bonchev–Trinajstić information content (AvgIpc) is 2.18. The summed E-state index contributed by atoms with van der Waals surface area (Å²) in [6.07, 6.45) is 2.52. The van der Waals surface area contributed by atoms with Crippen LogP contribution in [-0.2, 0) is 4.79 Å². The number of hydrogen-bond acceptors (Lipinski definition) is 3. The zero-order valence-electron chi connectivity index (χ0n) is 9.74. The molecule has 0 spiro atoms. The molecule has 0 aromatic carbocycles. The Morgan fingerprint density at radius 2 is 2.40 bits per heavy atom. The lowest BCUT2D eigenvalue weighted by molar-refractivity contribution is -0.131. The number of amides is 1. The molecule has 0 saturated carbocycles. The van der Waals surface area contributed by atoms with Crippen molar-refractivity contribution in [2.75, 3.05) is 18.8 Å². The first-order valence-electron chi connectivity index (χ1n) is 5.78. The van der Waals surface area contributed by atoms with Crippen LogP contribution >= 0.6 is 11.8 Å². The first-order chi connectivity index (χ1) is 7.13. The molecule has 1 saturated heterocycles. The third-order valence-electron chi connectivity index (χ3n) is 2.69. The molecule has 2 N–H and O–H groups in total. The molecule has 0 aliphatic carbocycles. The Morgan fingerprint density at radius 3 is 3.00 bits per heavy atom. The van der Waals surface area contributed by atoms with Gasteiger partial charge in [-0.3, -0.25) is 4.79 Å². The summed E-state index contributed by atoms with van der Waals surface area (Å²) in [7, 11) is 0. The summed E-state index contributed by atoms with van der Waals surface area (Å²) >= 11 is 1.94. The summed E-state index contributed by atoms with van der Waals surface area (Å²) in [6.45, 7) is 6.06. The molecule has 1 amide bonds. The van der Waals surface area contributed by atoms with Crippen LogP contribution in [0.2, 0.25) is 0 Å². The molecule has 1 heterocycles. The quantitative estimate of drug-likeness (QED) is 0.795. The second kappa shape index (κ2) is 6.38. The lowest BCUT2D eigenvalue weighted by atomic mass is 10.1. The van der Waals surface area contributed by atoms with Crippen molar-refractivity contribution in [3.8, 4) is 0 Å². The van der Waals surface area contributed by atoms with Gasteiger partial charge in [0.2, 0.25) is 5.91 Å². The van der Waals surface area contributed by atoms with Crippen LogP contribution in [0.5, 0.6) is 0 Å². The summed E-state index contributed by atoms with van der Waals surface area (Å²) in [5.41, 5.74) is 5.87. The van der Waals surface area contributed by atoms with Crippen molar-refractivity contribution in [1.29, 1.82) is 0 Å². The standard InChI is InChI=1S/C11H22N2OS/c1-3-4-10(12)7-11(14)13-5-6-15-9(2)8-13/h9-10H,3-8,12H2,1-2H3. The summed E-state index contributed by atoms with van der Waals surface area (Å²) < 4.78 is 0. The van der Waals surface area contributed by atoms with Gasteiger partial charge >= 0.3 is 0 Å². The van der Waals surface area contributed by atoms with Gasteiger partial charge in [0, 0.05) is 36.6 Å². The summed E-state index contributed by atoms with van der Waals surface area (Å²) in [4.78, 5) is 13.8. The molecule has 1 aliphatic heterocycles. The van der Waals surface area contributed by atoms with Crippen LogP contribution in [0.15, 0.2) is 0 Å². The minimum absolute atomic E-state index is 0.0485. The van der Waals surface area contributed by atoms with Gasteiger partial charge in [-0.25, -0.2) is 0 Å². The fraction of sp³-hybridized carbons (Fsp3) is 0.909. The Bertz CT molecular complexity index is 211. The van der Waals surface area contributed by atoms with Crippen molar-refractivity contribution in [3.63, 3.8) is 0 Å². The first-order valence-corrected chi connectivity index (χ1v) is 6.83. The fourth-order valence-corrected chi connectivity index (χ4v) is 2.88. The lowest BCUT2D eigenvalue weighted by Crippen LogP contribution is -2.43. The highest BCUT2D eigenvalue weighted by Crippen LogP contribution is 2.18. The van der Waals surface area contributed by atoms with E-state index in [9.17, 15) is 4.79 Å². The van der Waals surface area contributed by atoms with Gasteiger partial charge in [-0.05, 0) is 6.42 Å². The maximum absolute atomic E-state index is 11.9. The molecule has 2 atom stereocenters. The van der Waals surface area contributed by atoms with Crippen molar-refractivity contribution >= 4 is 17.7 Å². The van der Waals surface area contributed by atoms with Gasteiger partial charge in [-0.1, -0.05) is 20.3 Å². The van der Waals surface area contributed by atoms with Crippen molar-refractivity contribution in [3.05, 3.63) is 0 Å². The minimum atomic E-state index is 0.0485. The lowest BCUT2D eigenvalue weighted by Gasteiger charge is -2.31. The molecule has 3 nitrogen and oxygen atoms in total. The van der Waals surface area contributed by atoms with Crippen LogP contribution in [-0.4, -0.2) is 40.9 Å². The summed E-state index contributed by atoms with van der Waals surface area (Å²) in [6, 6.07) is 0.0485. The predicted octanol–water partition coefficient (Wildman–Crippen LogP) is 1.47. The van der Waals surface area contributed by atoms with E-state index >= 15 is 0 Å². The monoisotopic (exact) mass is 230 g/mol. The van der Waals surface area contributed by atoms with Crippen LogP contribution in [0, 0.1) is 0 Å². The van der Waals surface area contributed by atoms with Gasteiger partial charge in [0.25, 0.3) is 0 Å². The molecule has 15 heavy (non-hydrogen) atoms. The van der Waals surface area contributed by atoms with E-state index in [1.807, 2.05) is 16.7 Å². The highest BCUT2D eigenvalue weighted by atomic mass is 32.2. The highest BCUT2D eigenvalue weighted by Gasteiger charge is 2.22. The number of carbonyl (C=O) groups is 1. The number of hydrogen-bond donors (Lipinski definition) is 1. The van der Waals surface area contributed by atoms with Crippen molar-refractivity contribution in [2.24, 2.45) is 5.73 Å². The predicted molar refractivity (Wildman–Crippen MR) is 66.0 cm³/mol. The molecule has 4 heteroatoms. The topological polar surface area (TPSA) is 46.3 Å². The second-order valence-corrected chi connectivity index (χ2v) is 5.82. The van der Waals surface area contributed by atoms with E-state index in [0.717, 1.165) is 31.7 Å². The van der Waals surface area contributed by atoms with E-state index in [1.165, 1.54) is 0 Å². The van der Waals surface area contributed by atoms with Crippen LogP contribution in [0.25, 0.3) is 0 Å². The molecule has 2 unspecified atom stereocenters.